The van der Waals surface area contributed by atoms with E-state index in [1.807, 2.05) is 0 Å². The van der Waals surface area contributed by atoms with Gasteiger partial charge < -0.3 is 10.4 Å². The first kappa shape index (κ1) is 11.2. The van der Waals surface area contributed by atoms with E-state index in [1.54, 1.807) is 6.92 Å². The molecule has 0 fully saturated rings. The quantitative estimate of drug-likeness (QED) is 0.671. The Balaban J connectivity index is 2.77. The fraction of sp³-hybridized carbons (Fsp3) is 0.444. The number of nitrogens with one attached hydrogen (secondary N) is 2. The molecule has 82 valence electrons. The van der Waals surface area contributed by atoms with E-state index in [1.165, 1.54) is 19.2 Å². The van der Waals surface area contributed by atoms with Gasteiger partial charge >= 0.3 is 5.97 Å². The molecule has 1 amide bonds. The van der Waals surface area contributed by atoms with Crippen LogP contribution < -0.4 is 5.32 Å². The topological polar surface area (TPSA) is 95.1 Å². The number of aromatic amines is 1. The van der Waals surface area contributed by atoms with E-state index in [9.17, 15) is 9.59 Å². The minimum absolute atomic E-state index is 0.246. The minimum atomic E-state index is -1.25. The number of carboxylic acids is 1. The molecule has 0 radical (unpaired) electrons. The second-order valence-electron chi connectivity index (χ2n) is 3.42. The summed E-state index contributed by atoms with van der Waals surface area (Å²) in [5.74, 6) is -1.53. The highest BCUT2D eigenvalue weighted by Crippen LogP contribution is 2.10. The lowest BCUT2D eigenvalue weighted by Crippen LogP contribution is -2.51. The molecule has 0 saturated carbocycles. The summed E-state index contributed by atoms with van der Waals surface area (Å²) in [7, 11) is 0. The highest BCUT2D eigenvalue weighted by Gasteiger charge is 2.33. The van der Waals surface area contributed by atoms with Gasteiger partial charge in [0.05, 0.1) is 0 Å². The highest BCUT2D eigenvalue weighted by molar-refractivity contribution is 5.96. The second kappa shape index (κ2) is 4.12. The molecule has 0 spiro atoms. The van der Waals surface area contributed by atoms with Crippen molar-refractivity contribution in [2.45, 2.75) is 25.8 Å². The zero-order valence-electron chi connectivity index (χ0n) is 8.57. The fourth-order valence-corrected chi connectivity index (χ4v) is 0.993. The van der Waals surface area contributed by atoms with E-state index in [4.69, 9.17) is 5.11 Å². The Hall–Kier alpha value is -1.85. The lowest BCUT2D eigenvalue weighted by atomic mass is 9.99. The third kappa shape index (κ3) is 2.34. The molecule has 15 heavy (non-hydrogen) atoms. The van der Waals surface area contributed by atoms with Crippen molar-refractivity contribution in [1.29, 1.82) is 0 Å². The van der Waals surface area contributed by atoms with Gasteiger partial charge in [-0.25, -0.2) is 4.79 Å². The molecule has 1 aromatic heterocycles. The predicted molar refractivity (Wildman–Crippen MR) is 52.4 cm³/mol. The van der Waals surface area contributed by atoms with Crippen LogP contribution in [0.4, 0.5) is 0 Å². The molecule has 0 aromatic carbocycles. The smallest absolute Gasteiger partial charge is 0.329 e. The molecule has 0 aliphatic rings. The number of carbonyl (C=O) groups is 2. The summed E-state index contributed by atoms with van der Waals surface area (Å²) in [6.07, 6.45) is 1.74. The average molecular weight is 211 g/mol. The second-order valence-corrected chi connectivity index (χ2v) is 3.42. The summed E-state index contributed by atoms with van der Waals surface area (Å²) in [6, 6.07) is 1.48. The summed E-state index contributed by atoms with van der Waals surface area (Å²) in [5.41, 5.74) is -1.00. The van der Waals surface area contributed by atoms with Crippen LogP contribution in [-0.4, -0.2) is 32.7 Å². The maximum absolute atomic E-state index is 11.5. The van der Waals surface area contributed by atoms with Crippen molar-refractivity contribution in [3.05, 3.63) is 18.0 Å². The summed E-state index contributed by atoms with van der Waals surface area (Å²) in [4.78, 5) is 22.5. The van der Waals surface area contributed by atoms with Crippen LogP contribution in [0.15, 0.2) is 12.3 Å². The number of hydrogen-bond acceptors (Lipinski definition) is 3. The van der Waals surface area contributed by atoms with Crippen LogP contribution in [0.3, 0.4) is 0 Å². The van der Waals surface area contributed by atoms with E-state index in [0.717, 1.165) is 0 Å². The van der Waals surface area contributed by atoms with Crippen molar-refractivity contribution in [2.75, 3.05) is 0 Å². The monoisotopic (exact) mass is 211 g/mol. The van der Waals surface area contributed by atoms with E-state index >= 15 is 0 Å². The Labute approximate surface area is 86.7 Å². The van der Waals surface area contributed by atoms with Crippen LogP contribution in [0.1, 0.15) is 30.8 Å². The highest BCUT2D eigenvalue weighted by atomic mass is 16.4. The third-order valence-electron chi connectivity index (χ3n) is 2.31. The molecule has 6 nitrogen and oxygen atoms in total. The van der Waals surface area contributed by atoms with Crippen molar-refractivity contribution in [1.82, 2.24) is 15.5 Å². The Morgan fingerprint density at radius 1 is 1.67 bits per heavy atom. The normalized spacial score (nSPS) is 14.3. The van der Waals surface area contributed by atoms with Gasteiger partial charge in [-0.3, -0.25) is 9.89 Å². The summed E-state index contributed by atoms with van der Waals surface area (Å²) < 4.78 is 0. The molecule has 0 aliphatic heterocycles. The van der Waals surface area contributed by atoms with Crippen molar-refractivity contribution >= 4 is 11.9 Å². The van der Waals surface area contributed by atoms with E-state index in [-0.39, 0.29) is 5.69 Å². The molecule has 6 heteroatoms. The Bertz CT molecular complexity index is 361. The number of aromatic nitrogens is 2. The summed E-state index contributed by atoms with van der Waals surface area (Å²) in [6.45, 7) is 3.16. The molecule has 0 saturated heterocycles. The van der Waals surface area contributed by atoms with Gasteiger partial charge in [0.1, 0.15) is 11.2 Å². The number of carbonyl (C=O) groups excluding carboxylic acids is 1. The average Bonchev–Trinajstić information content (AvgIpc) is 2.70. The zero-order valence-corrected chi connectivity index (χ0v) is 8.57. The molecule has 0 aliphatic carbocycles. The molecular weight excluding hydrogens is 198 g/mol. The molecule has 3 N–H and O–H groups in total. The maximum atomic E-state index is 11.5. The number of rotatable bonds is 4. The molecular formula is C9H13N3O3. The van der Waals surface area contributed by atoms with Gasteiger partial charge in [-0.15, -0.1) is 0 Å². The van der Waals surface area contributed by atoms with Gasteiger partial charge in [0.15, 0.2) is 0 Å². The van der Waals surface area contributed by atoms with Gasteiger partial charge in [0, 0.05) is 6.20 Å². The first-order chi connectivity index (χ1) is 6.99. The molecule has 1 atom stereocenters. The molecule has 0 bridgehead atoms. The summed E-state index contributed by atoms with van der Waals surface area (Å²) >= 11 is 0. The van der Waals surface area contributed by atoms with Crippen LogP contribution in [-0.2, 0) is 4.79 Å². The SMILES string of the molecule is CCC(C)(NC(=O)c1ccn[nH]1)C(=O)O. The van der Waals surface area contributed by atoms with Crippen LogP contribution in [0.25, 0.3) is 0 Å². The van der Waals surface area contributed by atoms with Crippen LogP contribution in [0, 0.1) is 0 Å². The standard InChI is InChI=1S/C9H13N3O3/c1-3-9(2,8(14)15)11-7(13)6-4-5-10-12-6/h4-5H,3H2,1-2H3,(H,10,12)(H,11,13)(H,14,15). The fourth-order valence-electron chi connectivity index (χ4n) is 0.993. The number of nitrogens with zero attached hydrogens (tertiary/aromatic N) is 1. The van der Waals surface area contributed by atoms with Crippen LogP contribution >= 0.6 is 0 Å². The Morgan fingerprint density at radius 2 is 2.33 bits per heavy atom. The molecule has 1 unspecified atom stereocenters. The largest absolute Gasteiger partial charge is 0.480 e. The Kier molecular flexibility index (Phi) is 3.08. The lowest BCUT2D eigenvalue weighted by molar-refractivity contribution is -0.143. The van der Waals surface area contributed by atoms with Crippen LogP contribution in [0.5, 0.6) is 0 Å². The van der Waals surface area contributed by atoms with Crippen molar-refractivity contribution in [2.24, 2.45) is 0 Å². The molecule has 1 heterocycles. The maximum Gasteiger partial charge on any atom is 0.329 e. The number of aliphatic carboxylic acids is 1. The van der Waals surface area contributed by atoms with Crippen LogP contribution in [0.2, 0.25) is 0 Å². The first-order valence-corrected chi connectivity index (χ1v) is 4.55. The first-order valence-electron chi connectivity index (χ1n) is 4.55. The third-order valence-corrected chi connectivity index (χ3v) is 2.31. The minimum Gasteiger partial charge on any atom is -0.480 e. The van der Waals surface area contributed by atoms with Gasteiger partial charge in [-0.1, -0.05) is 6.92 Å². The van der Waals surface area contributed by atoms with E-state index in [2.05, 4.69) is 15.5 Å². The number of amides is 1. The van der Waals surface area contributed by atoms with Gasteiger partial charge in [0.25, 0.3) is 5.91 Å². The molecule has 1 aromatic rings. The number of hydrogen-bond donors (Lipinski definition) is 3. The van der Waals surface area contributed by atoms with Crippen molar-refractivity contribution in [3.8, 4) is 0 Å². The van der Waals surface area contributed by atoms with Gasteiger partial charge in [-0.05, 0) is 19.4 Å². The predicted octanol–water partition coefficient (Wildman–Crippen LogP) is 0.393. The van der Waals surface area contributed by atoms with Gasteiger partial charge in [0.2, 0.25) is 0 Å². The summed E-state index contributed by atoms with van der Waals surface area (Å²) in [5, 5.41) is 17.5. The number of carboxylic acid groups (broad SMARTS) is 1. The Morgan fingerprint density at radius 3 is 2.73 bits per heavy atom. The van der Waals surface area contributed by atoms with E-state index in [0.29, 0.717) is 6.42 Å². The van der Waals surface area contributed by atoms with Gasteiger partial charge in [-0.2, -0.15) is 5.10 Å². The van der Waals surface area contributed by atoms with Crippen molar-refractivity contribution in [3.63, 3.8) is 0 Å². The zero-order chi connectivity index (χ0) is 11.5. The van der Waals surface area contributed by atoms with E-state index < -0.39 is 17.4 Å². The number of H-pyrrole nitrogens is 1. The lowest BCUT2D eigenvalue weighted by Gasteiger charge is -2.23. The molecule has 1 rings (SSSR count). The van der Waals surface area contributed by atoms with Crippen molar-refractivity contribution < 1.29 is 14.7 Å².